The van der Waals surface area contributed by atoms with Gasteiger partial charge in [-0.05, 0) is 0 Å². The number of carbonyl (C=O) groups excluding carboxylic acids is 2. The summed E-state index contributed by atoms with van der Waals surface area (Å²) in [6.45, 7) is -2.68. The zero-order valence-corrected chi connectivity index (χ0v) is 22.7. The molecule has 23 heteroatoms. The summed E-state index contributed by atoms with van der Waals surface area (Å²) in [5.41, 5.74) is -3.98. The number of imide groups is 1. The molecule has 3 heterocycles. The molecule has 15 atom stereocenters. The highest BCUT2D eigenvalue weighted by Crippen LogP contribution is 2.45. The van der Waals surface area contributed by atoms with Crippen molar-refractivity contribution >= 4 is 21.9 Å². The van der Waals surface area contributed by atoms with E-state index in [1.165, 1.54) is 0 Å². The van der Waals surface area contributed by atoms with E-state index in [1.54, 1.807) is 0 Å². The minimum absolute atomic E-state index is 0.464. The van der Waals surface area contributed by atoms with Crippen LogP contribution in [0.3, 0.4) is 0 Å². The van der Waals surface area contributed by atoms with Crippen molar-refractivity contribution in [3.8, 4) is 0 Å². The Morgan fingerprint density at radius 3 is 1.86 bits per heavy atom. The summed E-state index contributed by atoms with van der Waals surface area (Å²) >= 11 is 0. The van der Waals surface area contributed by atoms with Crippen molar-refractivity contribution in [3.63, 3.8) is 0 Å². The Morgan fingerprint density at radius 1 is 0.837 bits per heavy atom. The summed E-state index contributed by atoms with van der Waals surface area (Å²) in [4.78, 5) is 21.4. The number of rotatable bonds is 7. The lowest BCUT2D eigenvalue weighted by Gasteiger charge is -2.56. The Hall–Kier alpha value is -1.59. The summed E-state index contributed by atoms with van der Waals surface area (Å²) in [5, 5.41) is 122. The first-order valence-corrected chi connectivity index (χ1v) is 13.7. The van der Waals surface area contributed by atoms with Gasteiger partial charge in [-0.2, -0.15) is 8.42 Å². The minimum atomic E-state index is -6.28. The van der Waals surface area contributed by atoms with Gasteiger partial charge in [0.2, 0.25) is 11.6 Å². The van der Waals surface area contributed by atoms with Crippen LogP contribution in [0, 0.1) is 0 Å². The second kappa shape index (κ2) is 12.7. The summed E-state index contributed by atoms with van der Waals surface area (Å²) in [6.07, 6.45) is -31.1. The van der Waals surface area contributed by atoms with Crippen molar-refractivity contribution in [2.24, 2.45) is 0 Å². The van der Waals surface area contributed by atoms with Gasteiger partial charge < -0.3 is 80.2 Å². The summed E-state index contributed by atoms with van der Waals surface area (Å²) in [5.74, 6) is -3.74. The van der Waals surface area contributed by atoms with Crippen LogP contribution in [-0.4, -0.2) is 195 Å². The van der Waals surface area contributed by atoms with Gasteiger partial charge in [-0.15, -0.1) is 0 Å². The quantitative estimate of drug-likeness (QED) is 0.113. The number of aliphatic hydroxyl groups is 12. The Balaban J connectivity index is 2.18. The summed E-state index contributed by atoms with van der Waals surface area (Å²) in [7, 11) is -6.28. The largest absolute Gasteiger partial charge is 0.394 e. The molecule has 0 spiro atoms. The van der Waals surface area contributed by atoms with E-state index in [9.17, 15) is 83.8 Å². The fourth-order valence-corrected chi connectivity index (χ4v) is 6.08. The molecule has 3 aliphatic heterocycles. The molecule has 0 aromatic carbocycles. The van der Waals surface area contributed by atoms with Gasteiger partial charge in [-0.3, -0.25) is 14.1 Å². The SMILES string of the molecule is CC(=O)N(C(=O)C1OC(O)C(O)C(O)C1O)[C@]1(CO)O[C@H](O[C@H]2[C@H](O)[C@@H](O)[C@H](O)O[C@@H]2CO)[C@H](O)[C@H](O)[C@@]1(O)S(=O)(=O)O. The van der Waals surface area contributed by atoms with Gasteiger partial charge in [0.05, 0.1) is 13.2 Å². The van der Waals surface area contributed by atoms with Crippen LogP contribution >= 0.6 is 0 Å². The highest BCUT2D eigenvalue weighted by atomic mass is 32.2. The molecule has 3 aliphatic rings. The number of aliphatic hydroxyl groups excluding tert-OH is 11. The molecule has 5 unspecified atom stereocenters. The van der Waals surface area contributed by atoms with E-state index in [2.05, 4.69) is 0 Å². The zero-order valence-electron chi connectivity index (χ0n) is 21.9. The van der Waals surface area contributed by atoms with Crippen molar-refractivity contribution in [2.45, 2.75) is 97.5 Å². The maximum Gasteiger partial charge on any atom is 0.302 e. The molecule has 0 radical (unpaired) electrons. The van der Waals surface area contributed by atoms with Crippen LogP contribution in [0.2, 0.25) is 0 Å². The first kappa shape index (κ1) is 35.9. The average Bonchev–Trinajstić information content (AvgIpc) is 2.93. The molecule has 3 fully saturated rings. The fraction of sp³-hybridized carbons (Fsp3) is 0.900. The maximum atomic E-state index is 13.5. The van der Waals surface area contributed by atoms with Crippen molar-refractivity contribution in [2.75, 3.05) is 13.2 Å². The highest BCUT2D eigenvalue weighted by molar-refractivity contribution is 7.87. The van der Waals surface area contributed by atoms with E-state index in [-0.39, 0.29) is 0 Å². The molecular weight excluding hydrogens is 622 g/mol. The fourth-order valence-electron chi connectivity index (χ4n) is 5.02. The van der Waals surface area contributed by atoms with Crippen LogP contribution in [0.5, 0.6) is 0 Å². The predicted octanol–water partition coefficient (Wildman–Crippen LogP) is -9.68. The molecule has 250 valence electrons. The lowest BCUT2D eigenvalue weighted by atomic mass is 9.89. The zero-order chi connectivity index (χ0) is 33.0. The van der Waals surface area contributed by atoms with E-state index in [4.69, 9.17) is 18.9 Å². The predicted molar refractivity (Wildman–Crippen MR) is 124 cm³/mol. The number of amides is 2. The Bertz CT molecular complexity index is 1140. The van der Waals surface area contributed by atoms with Crippen LogP contribution in [0.25, 0.3) is 0 Å². The molecule has 0 aliphatic carbocycles. The van der Waals surface area contributed by atoms with Crippen LogP contribution in [0.1, 0.15) is 6.92 Å². The van der Waals surface area contributed by atoms with Crippen LogP contribution in [0.4, 0.5) is 0 Å². The molecular formula is C20H33NO21S. The van der Waals surface area contributed by atoms with Gasteiger partial charge in [-0.25, -0.2) is 4.90 Å². The van der Waals surface area contributed by atoms with Gasteiger partial charge in [-0.1, -0.05) is 0 Å². The molecule has 3 rings (SSSR count). The number of carbonyl (C=O) groups is 2. The number of nitrogens with zero attached hydrogens (tertiary/aromatic N) is 1. The third kappa shape index (κ3) is 5.68. The van der Waals surface area contributed by atoms with Crippen molar-refractivity contribution in [3.05, 3.63) is 0 Å². The van der Waals surface area contributed by atoms with Crippen LogP contribution in [0.15, 0.2) is 0 Å². The lowest BCUT2D eigenvalue weighted by Crippen LogP contribution is -2.83. The molecule has 0 aromatic heterocycles. The third-order valence-electron chi connectivity index (χ3n) is 7.34. The van der Waals surface area contributed by atoms with E-state index in [1.807, 2.05) is 0 Å². The van der Waals surface area contributed by atoms with Gasteiger partial charge in [0.25, 0.3) is 10.8 Å². The van der Waals surface area contributed by atoms with E-state index in [0.717, 1.165) is 0 Å². The van der Waals surface area contributed by atoms with Crippen molar-refractivity contribution in [1.29, 1.82) is 0 Å². The highest BCUT2D eigenvalue weighted by Gasteiger charge is 2.75. The van der Waals surface area contributed by atoms with Gasteiger partial charge in [0, 0.05) is 6.92 Å². The smallest absolute Gasteiger partial charge is 0.302 e. The van der Waals surface area contributed by atoms with Crippen LogP contribution < -0.4 is 0 Å². The minimum Gasteiger partial charge on any atom is -0.394 e. The first-order valence-electron chi connectivity index (χ1n) is 12.3. The Kier molecular flexibility index (Phi) is 10.6. The number of hydrogen-bond acceptors (Lipinski definition) is 20. The van der Waals surface area contributed by atoms with Crippen LogP contribution in [-0.2, 0) is 38.7 Å². The molecule has 0 saturated carbocycles. The number of ether oxygens (including phenoxy) is 4. The Morgan fingerprint density at radius 2 is 1.37 bits per heavy atom. The van der Waals surface area contributed by atoms with Crippen molar-refractivity contribution < 1.29 is 103 Å². The number of hydrogen-bond donors (Lipinski definition) is 13. The maximum absolute atomic E-state index is 13.5. The molecule has 43 heavy (non-hydrogen) atoms. The summed E-state index contributed by atoms with van der Waals surface area (Å²) < 4.78 is 55.0. The standard InChI is InChI=1S/C20H33NO21S/c1-4(24)21(15(32)13-7(26)6(25)9(28)17(34)40-13)19(3-23)20(35,43(36,37)38)14(31)11(30)18(42-19)41-12-5(2-22)39-16(33)10(29)8(12)27/h5-14,16-18,22-23,25-31,33-35H,2-3H2,1H3,(H,36,37,38)/t5-,6?,7?,8-,9?,10-,11-,12-,13?,14+,16-,17?,18+,19-,20-/m1/s1. The molecule has 22 nitrogen and oxygen atoms in total. The molecule has 2 amide bonds. The summed E-state index contributed by atoms with van der Waals surface area (Å²) in [6, 6.07) is 0. The second-order valence-corrected chi connectivity index (χ2v) is 11.5. The van der Waals surface area contributed by atoms with E-state index < -0.39 is 131 Å². The Labute approximate surface area is 240 Å². The van der Waals surface area contributed by atoms with Gasteiger partial charge in [0.1, 0.15) is 54.9 Å². The average molecular weight is 656 g/mol. The van der Waals surface area contributed by atoms with Gasteiger partial charge >= 0.3 is 10.1 Å². The topological polar surface area (TPSA) is 371 Å². The molecule has 3 saturated heterocycles. The molecule has 0 bridgehead atoms. The lowest BCUT2D eigenvalue weighted by molar-refractivity contribution is -0.400. The monoisotopic (exact) mass is 655 g/mol. The van der Waals surface area contributed by atoms with E-state index in [0.29, 0.717) is 6.92 Å². The second-order valence-electron chi connectivity index (χ2n) is 9.98. The normalized spacial score (nSPS) is 47.6. The molecule has 0 aromatic rings. The third-order valence-corrected chi connectivity index (χ3v) is 8.69. The van der Waals surface area contributed by atoms with Gasteiger partial charge in [0.15, 0.2) is 25.0 Å². The van der Waals surface area contributed by atoms with E-state index >= 15 is 0 Å². The first-order chi connectivity index (χ1) is 19.7. The van der Waals surface area contributed by atoms with Crippen molar-refractivity contribution in [1.82, 2.24) is 4.90 Å². The molecule has 13 N–H and O–H groups in total.